The number of hydrogen-bond donors (Lipinski definition) is 1. The normalized spacial score (nSPS) is 10.7. The predicted molar refractivity (Wildman–Crippen MR) is 107 cm³/mol. The minimum atomic E-state index is 0.444. The van der Waals surface area contributed by atoms with Gasteiger partial charge in [-0.25, -0.2) is 0 Å². The summed E-state index contributed by atoms with van der Waals surface area (Å²) in [7, 11) is 1.68. The molecule has 0 radical (unpaired) electrons. The molecular weight excluding hydrogens is 324 g/mol. The molecule has 1 heterocycles. The Morgan fingerprint density at radius 3 is 2.62 bits per heavy atom. The lowest BCUT2D eigenvalue weighted by Gasteiger charge is -2.15. The average Bonchev–Trinajstić information content (AvgIpc) is 2.69. The van der Waals surface area contributed by atoms with Gasteiger partial charge in [-0.3, -0.25) is 4.98 Å². The van der Waals surface area contributed by atoms with Crippen LogP contribution in [0.25, 0.3) is 0 Å². The van der Waals surface area contributed by atoms with Crippen LogP contribution in [0.3, 0.4) is 0 Å². The first-order chi connectivity index (χ1) is 12.8. The van der Waals surface area contributed by atoms with Gasteiger partial charge in [-0.05, 0) is 49.7 Å². The van der Waals surface area contributed by atoms with Gasteiger partial charge in [-0.2, -0.15) is 0 Å². The van der Waals surface area contributed by atoms with E-state index in [4.69, 9.17) is 9.47 Å². The molecule has 0 saturated carbocycles. The summed E-state index contributed by atoms with van der Waals surface area (Å²) in [4.78, 5) is 4.32. The fourth-order valence-corrected chi connectivity index (χ4v) is 2.91. The van der Waals surface area contributed by atoms with E-state index in [1.165, 1.54) is 37.7 Å². The quantitative estimate of drug-likeness (QED) is 0.525. The Labute approximate surface area is 157 Å². The highest BCUT2D eigenvalue weighted by Gasteiger charge is 2.11. The molecule has 0 aliphatic rings. The number of methoxy groups -OCH3 is 1. The summed E-state index contributed by atoms with van der Waals surface area (Å²) >= 11 is 0. The van der Waals surface area contributed by atoms with Crippen molar-refractivity contribution in [1.82, 2.24) is 10.3 Å². The summed E-state index contributed by atoms with van der Waals surface area (Å²) in [6, 6.07) is 11.9. The summed E-state index contributed by atoms with van der Waals surface area (Å²) in [6.45, 7) is 4.72. The van der Waals surface area contributed by atoms with Crippen molar-refractivity contribution in [3.8, 4) is 11.5 Å². The van der Waals surface area contributed by atoms with E-state index < -0.39 is 0 Å². The molecule has 2 aromatic rings. The van der Waals surface area contributed by atoms with Gasteiger partial charge in [-0.1, -0.05) is 50.8 Å². The lowest BCUT2D eigenvalue weighted by molar-refractivity contribution is 0.277. The first-order valence-corrected chi connectivity index (χ1v) is 9.74. The highest BCUT2D eigenvalue weighted by Crippen LogP contribution is 2.32. The van der Waals surface area contributed by atoms with Crippen LogP contribution in [0.2, 0.25) is 0 Å². The zero-order chi connectivity index (χ0) is 18.5. The third-order valence-electron chi connectivity index (χ3n) is 4.40. The second kappa shape index (κ2) is 12.3. The summed E-state index contributed by atoms with van der Waals surface area (Å²) in [6.07, 6.45) is 9.26. The van der Waals surface area contributed by atoms with Gasteiger partial charge in [0.05, 0.1) is 12.8 Å². The van der Waals surface area contributed by atoms with Crippen LogP contribution in [0, 0.1) is 0 Å². The van der Waals surface area contributed by atoms with Gasteiger partial charge >= 0.3 is 0 Å². The molecule has 0 amide bonds. The van der Waals surface area contributed by atoms with Crippen LogP contribution < -0.4 is 14.8 Å². The Kier molecular flexibility index (Phi) is 9.59. The van der Waals surface area contributed by atoms with Crippen molar-refractivity contribution < 1.29 is 9.47 Å². The maximum absolute atomic E-state index is 6.05. The molecule has 0 atom stereocenters. The van der Waals surface area contributed by atoms with Gasteiger partial charge in [0.1, 0.15) is 6.61 Å². The van der Waals surface area contributed by atoms with E-state index in [2.05, 4.69) is 23.3 Å². The monoisotopic (exact) mass is 356 g/mol. The second-order valence-corrected chi connectivity index (χ2v) is 6.47. The lowest BCUT2D eigenvalue weighted by atomic mass is 10.1. The third-order valence-corrected chi connectivity index (χ3v) is 4.40. The zero-order valence-electron chi connectivity index (χ0n) is 16.2. The molecule has 1 aromatic carbocycles. The molecule has 1 aromatic heterocycles. The Morgan fingerprint density at radius 1 is 0.962 bits per heavy atom. The summed E-state index contributed by atoms with van der Waals surface area (Å²) in [5.41, 5.74) is 2.08. The molecule has 0 aliphatic heterocycles. The average molecular weight is 357 g/mol. The Hall–Kier alpha value is -2.07. The summed E-state index contributed by atoms with van der Waals surface area (Å²) < 4.78 is 11.5. The van der Waals surface area contributed by atoms with Crippen molar-refractivity contribution >= 4 is 0 Å². The molecule has 0 spiro atoms. The maximum Gasteiger partial charge on any atom is 0.164 e. The molecule has 0 fully saturated rings. The largest absolute Gasteiger partial charge is 0.493 e. The van der Waals surface area contributed by atoms with Gasteiger partial charge in [0.2, 0.25) is 0 Å². The summed E-state index contributed by atoms with van der Waals surface area (Å²) in [5, 5.41) is 3.54. The Bertz CT molecular complexity index is 617. The van der Waals surface area contributed by atoms with Gasteiger partial charge in [0, 0.05) is 6.20 Å². The molecule has 4 heteroatoms. The van der Waals surface area contributed by atoms with Crippen molar-refractivity contribution in [2.24, 2.45) is 0 Å². The van der Waals surface area contributed by atoms with Gasteiger partial charge in [0.25, 0.3) is 0 Å². The lowest BCUT2D eigenvalue weighted by Crippen LogP contribution is -2.19. The highest BCUT2D eigenvalue weighted by atomic mass is 16.5. The minimum absolute atomic E-state index is 0.444. The topological polar surface area (TPSA) is 43.4 Å². The fourth-order valence-electron chi connectivity index (χ4n) is 2.91. The smallest absolute Gasteiger partial charge is 0.164 e. The molecule has 0 saturated heterocycles. The number of pyridine rings is 1. The SMILES string of the molecule is CCCCCCCNCCc1cccc(OC)c1OCc1ccccn1. The minimum Gasteiger partial charge on any atom is -0.493 e. The number of benzene rings is 1. The molecular formula is C22H32N2O2. The zero-order valence-corrected chi connectivity index (χ0v) is 16.2. The van der Waals surface area contributed by atoms with E-state index in [0.29, 0.717) is 6.61 Å². The van der Waals surface area contributed by atoms with Crippen molar-refractivity contribution in [2.45, 2.75) is 52.1 Å². The second-order valence-electron chi connectivity index (χ2n) is 6.47. The van der Waals surface area contributed by atoms with Crippen LogP contribution in [0.5, 0.6) is 11.5 Å². The van der Waals surface area contributed by atoms with Crippen molar-refractivity contribution in [3.05, 3.63) is 53.9 Å². The molecule has 142 valence electrons. The van der Waals surface area contributed by atoms with Crippen LogP contribution in [-0.4, -0.2) is 25.2 Å². The highest BCUT2D eigenvalue weighted by molar-refractivity contribution is 5.46. The van der Waals surface area contributed by atoms with Crippen LogP contribution in [-0.2, 0) is 13.0 Å². The van der Waals surface area contributed by atoms with Crippen LogP contribution in [0.1, 0.15) is 50.3 Å². The van der Waals surface area contributed by atoms with Crippen LogP contribution in [0.15, 0.2) is 42.6 Å². The standard InChI is InChI=1S/C22H32N2O2/c1-3-4-5-6-8-15-23-17-14-19-11-10-13-21(25-2)22(19)26-18-20-12-7-9-16-24-20/h7,9-13,16,23H,3-6,8,14-15,17-18H2,1-2H3. The van der Waals surface area contributed by atoms with Gasteiger partial charge in [-0.15, -0.1) is 0 Å². The number of ether oxygens (including phenoxy) is 2. The van der Waals surface area contributed by atoms with Crippen LogP contribution in [0.4, 0.5) is 0 Å². The summed E-state index contributed by atoms with van der Waals surface area (Å²) in [5.74, 6) is 1.60. The molecule has 1 N–H and O–H groups in total. The number of unbranched alkanes of at least 4 members (excludes halogenated alkanes) is 4. The number of nitrogens with one attached hydrogen (secondary N) is 1. The number of nitrogens with zero attached hydrogens (tertiary/aromatic N) is 1. The number of hydrogen-bond acceptors (Lipinski definition) is 4. The molecule has 0 unspecified atom stereocenters. The first kappa shape index (κ1) is 20.2. The van der Waals surface area contributed by atoms with Gasteiger partial charge < -0.3 is 14.8 Å². The van der Waals surface area contributed by atoms with Crippen molar-refractivity contribution in [3.63, 3.8) is 0 Å². The maximum atomic E-state index is 6.05. The third kappa shape index (κ3) is 7.04. The van der Waals surface area contributed by atoms with E-state index in [1.54, 1.807) is 13.3 Å². The van der Waals surface area contributed by atoms with Crippen molar-refractivity contribution in [2.75, 3.05) is 20.2 Å². The molecule has 2 rings (SSSR count). The van der Waals surface area contributed by atoms with E-state index in [1.807, 2.05) is 30.3 Å². The molecule has 0 aliphatic carbocycles. The predicted octanol–water partition coefficient (Wildman–Crippen LogP) is 4.77. The number of rotatable bonds is 13. The number of para-hydroxylation sites is 1. The fraction of sp³-hybridized carbons (Fsp3) is 0.500. The molecule has 4 nitrogen and oxygen atoms in total. The van der Waals surface area contributed by atoms with E-state index >= 15 is 0 Å². The molecule has 26 heavy (non-hydrogen) atoms. The van der Waals surface area contributed by atoms with Crippen molar-refractivity contribution in [1.29, 1.82) is 0 Å². The Balaban J connectivity index is 1.83. The first-order valence-electron chi connectivity index (χ1n) is 9.74. The van der Waals surface area contributed by atoms with Crippen LogP contribution >= 0.6 is 0 Å². The Morgan fingerprint density at radius 2 is 1.85 bits per heavy atom. The van der Waals surface area contributed by atoms with E-state index in [9.17, 15) is 0 Å². The van der Waals surface area contributed by atoms with E-state index in [0.717, 1.165) is 36.7 Å². The number of aromatic nitrogens is 1. The molecule has 0 bridgehead atoms. The van der Waals surface area contributed by atoms with E-state index in [-0.39, 0.29) is 0 Å². The van der Waals surface area contributed by atoms with Gasteiger partial charge in [0.15, 0.2) is 11.5 Å².